The summed E-state index contributed by atoms with van der Waals surface area (Å²) in [5.41, 5.74) is 0.187. The second-order valence-electron chi connectivity index (χ2n) is 3.79. The van der Waals surface area contributed by atoms with E-state index in [0.29, 0.717) is 11.8 Å². The number of para-hydroxylation sites is 1. The fourth-order valence-electron chi connectivity index (χ4n) is 1.53. The van der Waals surface area contributed by atoms with Gasteiger partial charge in [0.25, 0.3) is 11.7 Å². The quantitative estimate of drug-likeness (QED) is 0.627. The molecule has 21 heavy (non-hydrogen) atoms. The van der Waals surface area contributed by atoms with E-state index in [0.717, 1.165) is 0 Å². The highest BCUT2D eigenvalue weighted by molar-refractivity contribution is 7.99. The minimum atomic E-state index is -2.59. The van der Waals surface area contributed by atoms with E-state index >= 15 is 0 Å². The van der Waals surface area contributed by atoms with Gasteiger partial charge in [0.2, 0.25) is 0 Å². The van der Waals surface area contributed by atoms with Crippen molar-refractivity contribution in [2.45, 2.75) is 10.7 Å². The highest BCUT2D eigenvalue weighted by atomic mass is 35.5. The van der Waals surface area contributed by atoms with Crippen molar-refractivity contribution in [2.75, 3.05) is 5.32 Å². The Bertz CT molecular complexity index is 670. The number of aromatic nitrogens is 1. The van der Waals surface area contributed by atoms with Crippen LogP contribution in [0, 0.1) is 0 Å². The minimum Gasteiger partial charge on any atom is -0.320 e. The van der Waals surface area contributed by atoms with Gasteiger partial charge in [0.15, 0.2) is 0 Å². The normalized spacial score (nSPS) is 10.7. The summed E-state index contributed by atoms with van der Waals surface area (Å²) in [5.74, 6) is -3.21. The summed E-state index contributed by atoms with van der Waals surface area (Å²) in [6.07, 6.45) is 0. The van der Waals surface area contributed by atoms with Gasteiger partial charge >= 0.3 is 0 Å². The maximum Gasteiger partial charge on any atom is 0.288 e. The molecule has 8 heteroatoms. The molecule has 3 nitrogen and oxygen atoms in total. The zero-order valence-corrected chi connectivity index (χ0v) is 12.6. The summed E-state index contributed by atoms with van der Waals surface area (Å²) in [5, 5.41) is 2.73. The zero-order chi connectivity index (χ0) is 15.4. The highest BCUT2D eigenvalue weighted by Crippen LogP contribution is 2.32. The standard InChI is InChI=1S/C13H8Cl2F2N2OS/c14-7-5-6-10(15)19-11(7)12(20)18-8-3-1-2-4-9(8)21-13(16)17/h1-6,13H,(H,18,20). The lowest BCUT2D eigenvalue weighted by Crippen LogP contribution is -2.15. The number of nitrogens with zero attached hydrogens (tertiary/aromatic N) is 1. The van der Waals surface area contributed by atoms with Crippen molar-refractivity contribution in [1.29, 1.82) is 0 Å². The van der Waals surface area contributed by atoms with Crippen molar-refractivity contribution < 1.29 is 13.6 Å². The van der Waals surface area contributed by atoms with Crippen LogP contribution < -0.4 is 5.32 Å². The average Bonchev–Trinajstić information content (AvgIpc) is 2.43. The number of hydrogen-bond acceptors (Lipinski definition) is 3. The maximum atomic E-state index is 12.5. The first-order chi connectivity index (χ1) is 9.97. The van der Waals surface area contributed by atoms with E-state index in [2.05, 4.69) is 10.3 Å². The summed E-state index contributed by atoms with van der Waals surface area (Å²) in [6.45, 7) is 0. The van der Waals surface area contributed by atoms with Crippen LogP contribution in [0.2, 0.25) is 10.2 Å². The number of halogens is 4. The average molecular weight is 349 g/mol. The molecule has 0 spiro atoms. The van der Waals surface area contributed by atoms with Crippen LogP contribution >= 0.6 is 35.0 Å². The first-order valence-corrected chi connectivity index (χ1v) is 7.28. The molecule has 1 aromatic heterocycles. The third kappa shape index (κ3) is 4.30. The first kappa shape index (κ1) is 16.0. The smallest absolute Gasteiger partial charge is 0.288 e. The van der Waals surface area contributed by atoms with Gasteiger partial charge in [0.1, 0.15) is 10.8 Å². The number of rotatable bonds is 4. The molecule has 1 aromatic carbocycles. The topological polar surface area (TPSA) is 42.0 Å². The number of benzene rings is 1. The van der Waals surface area contributed by atoms with Gasteiger partial charge in [-0.1, -0.05) is 47.1 Å². The van der Waals surface area contributed by atoms with Gasteiger partial charge < -0.3 is 5.32 Å². The second-order valence-corrected chi connectivity index (χ2v) is 5.62. The monoisotopic (exact) mass is 348 g/mol. The van der Waals surface area contributed by atoms with Crippen molar-refractivity contribution in [1.82, 2.24) is 4.98 Å². The lowest BCUT2D eigenvalue weighted by atomic mass is 10.3. The largest absolute Gasteiger partial charge is 0.320 e. The molecule has 0 aliphatic rings. The number of thioether (sulfide) groups is 1. The third-order valence-electron chi connectivity index (χ3n) is 2.38. The lowest BCUT2D eigenvalue weighted by molar-refractivity contribution is 0.102. The van der Waals surface area contributed by atoms with Crippen LogP contribution in [-0.2, 0) is 0 Å². The molecule has 2 rings (SSSR count). The summed E-state index contributed by atoms with van der Waals surface area (Å²) < 4.78 is 25.0. The van der Waals surface area contributed by atoms with Crippen molar-refractivity contribution in [3.05, 3.63) is 52.3 Å². The molecule has 0 bridgehead atoms. The van der Waals surface area contributed by atoms with Crippen LogP contribution in [0.3, 0.4) is 0 Å². The van der Waals surface area contributed by atoms with Gasteiger partial charge in [-0.15, -0.1) is 0 Å². The second kappa shape index (κ2) is 7.06. The van der Waals surface area contributed by atoms with E-state index in [1.807, 2.05) is 0 Å². The number of hydrogen-bond donors (Lipinski definition) is 1. The molecule has 110 valence electrons. The van der Waals surface area contributed by atoms with Crippen molar-refractivity contribution >= 4 is 46.6 Å². The van der Waals surface area contributed by atoms with E-state index in [9.17, 15) is 13.6 Å². The Morgan fingerprint density at radius 3 is 2.62 bits per heavy atom. The predicted octanol–water partition coefficient (Wildman–Crippen LogP) is 4.96. The first-order valence-electron chi connectivity index (χ1n) is 5.64. The molecule has 1 heterocycles. The number of anilines is 1. The Hall–Kier alpha value is -1.37. The number of amides is 1. The van der Waals surface area contributed by atoms with Crippen LogP contribution in [0.5, 0.6) is 0 Å². The number of nitrogens with one attached hydrogen (secondary N) is 1. The molecule has 0 fully saturated rings. The van der Waals surface area contributed by atoms with E-state index in [1.165, 1.54) is 24.3 Å². The Morgan fingerprint density at radius 2 is 1.90 bits per heavy atom. The molecule has 0 atom stereocenters. The molecule has 1 amide bonds. The molecule has 2 aromatic rings. The number of carbonyl (C=O) groups excluding carboxylic acids is 1. The summed E-state index contributed by atoms with van der Waals surface area (Å²) in [6, 6.07) is 9.11. The fraction of sp³-hybridized carbons (Fsp3) is 0.0769. The minimum absolute atomic E-state index is 0.0685. The summed E-state index contributed by atoms with van der Waals surface area (Å²) in [4.78, 5) is 16.2. The number of alkyl halides is 2. The molecular formula is C13H8Cl2F2N2OS. The number of pyridine rings is 1. The van der Waals surface area contributed by atoms with Crippen LogP contribution in [0.4, 0.5) is 14.5 Å². The Balaban J connectivity index is 2.25. The molecular weight excluding hydrogens is 341 g/mol. The van der Waals surface area contributed by atoms with Crippen LogP contribution in [0.25, 0.3) is 0 Å². The predicted molar refractivity (Wildman–Crippen MR) is 80.5 cm³/mol. The van der Waals surface area contributed by atoms with E-state index in [1.54, 1.807) is 12.1 Å². The van der Waals surface area contributed by atoms with E-state index in [4.69, 9.17) is 23.2 Å². The van der Waals surface area contributed by atoms with E-state index < -0.39 is 11.7 Å². The SMILES string of the molecule is O=C(Nc1ccccc1SC(F)F)c1nc(Cl)ccc1Cl. The van der Waals surface area contributed by atoms with Crippen LogP contribution in [0.1, 0.15) is 10.5 Å². The third-order valence-corrected chi connectivity index (χ3v) is 3.68. The van der Waals surface area contributed by atoms with Gasteiger partial charge in [0, 0.05) is 4.90 Å². The zero-order valence-electron chi connectivity index (χ0n) is 10.3. The Morgan fingerprint density at radius 1 is 1.19 bits per heavy atom. The summed E-state index contributed by atoms with van der Waals surface area (Å²) in [7, 11) is 0. The molecule has 0 radical (unpaired) electrons. The highest BCUT2D eigenvalue weighted by Gasteiger charge is 2.16. The van der Waals surface area contributed by atoms with Crippen LogP contribution in [-0.4, -0.2) is 16.6 Å². The van der Waals surface area contributed by atoms with Gasteiger partial charge in [-0.2, -0.15) is 8.78 Å². The van der Waals surface area contributed by atoms with E-state index in [-0.39, 0.29) is 26.5 Å². The molecule has 0 saturated carbocycles. The molecule has 0 unspecified atom stereocenters. The molecule has 1 N–H and O–H groups in total. The molecule has 0 aliphatic carbocycles. The van der Waals surface area contributed by atoms with Gasteiger partial charge in [-0.3, -0.25) is 4.79 Å². The van der Waals surface area contributed by atoms with Gasteiger partial charge in [-0.25, -0.2) is 4.98 Å². The van der Waals surface area contributed by atoms with Gasteiger partial charge in [0.05, 0.1) is 10.7 Å². The van der Waals surface area contributed by atoms with Crippen molar-refractivity contribution in [3.63, 3.8) is 0 Å². The Kier molecular flexibility index (Phi) is 5.39. The number of carbonyl (C=O) groups is 1. The molecule has 0 aliphatic heterocycles. The maximum absolute atomic E-state index is 12.5. The van der Waals surface area contributed by atoms with Crippen molar-refractivity contribution in [3.8, 4) is 0 Å². The lowest BCUT2D eigenvalue weighted by Gasteiger charge is -2.10. The fourth-order valence-corrected chi connectivity index (χ4v) is 2.46. The Labute approximate surface area is 133 Å². The summed E-state index contributed by atoms with van der Waals surface area (Å²) >= 11 is 11.9. The molecule has 0 saturated heterocycles. The van der Waals surface area contributed by atoms with Crippen molar-refractivity contribution in [2.24, 2.45) is 0 Å². The van der Waals surface area contributed by atoms with Crippen LogP contribution in [0.15, 0.2) is 41.3 Å². The van der Waals surface area contributed by atoms with Gasteiger partial charge in [-0.05, 0) is 24.3 Å².